The van der Waals surface area contributed by atoms with Gasteiger partial charge in [-0.15, -0.1) is 0 Å². The summed E-state index contributed by atoms with van der Waals surface area (Å²) < 4.78 is 26.1. The molecule has 1 amide bonds. The summed E-state index contributed by atoms with van der Waals surface area (Å²) in [7, 11) is 0. The fraction of sp³-hybridized carbons (Fsp3) is 0.316. The van der Waals surface area contributed by atoms with E-state index in [4.69, 9.17) is 0 Å². The van der Waals surface area contributed by atoms with Gasteiger partial charge in [-0.25, -0.2) is 18.7 Å². The number of amides is 1. The highest BCUT2D eigenvalue weighted by Gasteiger charge is 2.10. The van der Waals surface area contributed by atoms with Gasteiger partial charge in [-0.05, 0) is 44.2 Å². The lowest BCUT2D eigenvalue weighted by Gasteiger charge is -2.12. The molecule has 26 heavy (non-hydrogen) atoms. The Labute approximate surface area is 150 Å². The minimum absolute atomic E-state index is 0.164. The summed E-state index contributed by atoms with van der Waals surface area (Å²) in [5, 5.41) is 5.61. The van der Waals surface area contributed by atoms with Crippen LogP contribution in [0.25, 0.3) is 0 Å². The van der Waals surface area contributed by atoms with Crippen molar-refractivity contribution in [3.05, 3.63) is 59.4 Å². The molecule has 0 saturated heterocycles. The van der Waals surface area contributed by atoms with Crippen molar-refractivity contribution in [3.63, 3.8) is 0 Å². The number of hydrogen-bond donors (Lipinski definition) is 2. The smallest absolute Gasteiger partial charge is 0.258 e. The van der Waals surface area contributed by atoms with Crippen molar-refractivity contribution in [3.8, 4) is 0 Å². The molecule has 1 aromatic carbocycles. The third-order valence-electron chi connectivity index (χ3n) is 4.21. The Bertz CT molecular complexity index is 806. The number of carbonyl (C=O) groups is 1. The van der Waals surface area contributed by atoms with Gasteiger partial charge in [-0.2, -0.15) is 0 Å². The molecule has 0 atom stereocenters. The van der Waals surface area contributed by atoms with Crippen LogP contribution in [0.3, 0.4) is 0 Å². The topological polar surface area (TPSA) is 66.9 Å². The van der Waals surface area contributed by atoms with Gasteiger partial charge in [0.1, 0.15) is 0 Å². The lowest BCUT2D eigenvalue weighted by molar-refractivity contribution is 0.102. The quantitative estimate of drug-likeness (QED) is 0.755. The molecule has 0 fully saturated rings. The van der Waals surface area contributed by atoms with Crippen LogP contribution >= 0.6 is 0 Å². The van der Waals surface area contributed by atoms with Crippen molar-refractivity contribution in [1.29, 1.82) is 0 Å². The average Bonchev–Trinajstić information content (AvgIpc) is 2.66. The molecule has 7 heteroatoms. The molecule has 1 heterocycles. The molecule has 0 aliphatic heterocycles. The van der Waals surface area contributed by atoms with Gasteiger partial charge in [0.05, 0.1) is 5.56 Å². The molecule has 2 N–H and O–H groups in total. The standard InChI is InChI=1S/C19H20F2N4O/c20-16-7-6-15(10-17(16)21)25-18(26)14-11-23-19(24-12-14)22-9-8-13-4-2-1-3-5-13/h4,6-7,10-12H,1-3,5,8-9H2,(H,25,26)(H,22,23,24). The molecule has 0 radical (unpaired) electrons. The number of allylic oxidation sites excluding steroid dienone is 1. The summed E-state index contributed by atoms with van der Waals surface area (Å²) in [5.41, 5.74) is 1.86. The Hall–Kier alpha value is -2.83. The largest absolute Gasteiger partial charge is 0.354 e. The van der Waals surface area contributed by atoms with Crippen molar-refractivity contribution in [1.82, 2.24) is 9.97 Å². The van der Waals surface area contributed by atoms with Crippen LogP contribution in [0.1, 0.15) is 42.5 Å². The maximum absolute atomic E-state index is 13.2. The fourth-order valence-corrected chi connectivity index (χ4v) is 2.78. The first-order chi connectivity index (χ1) is 12.6. The molecule has 0 saturated carbocycles. The van der Waals surface area contributed by atoms with Crippen LogP contribution < -0.4 is 10.6 Å². The van der Waals surface area contributed by atoms with Crippen LogP contribution in [0, 0.1) is 11.6 Å². The number of halogens is 2. The first-order valence-corrected chi connectivity index (χ1v) is 8.62. The Morgan fingerprint density at radius 2 is 1.92 bits per heavy atom. The Kier molecular flexibility index (Phi) is 5.88. The van der Waals surface area contributed by atoms with Crippen LogP contribution in [0.2, 0.25) is 0 Å². The Morgan fingerprint density at radius 1 is 1.12 bits per heavy atom. The second-order valence-electron chi connectivity index (χ2n) is 6.16. The number of carbonyl (C=O) groups excluding carboxylic acids is 1. The second kappa shape index (κ2) is 8.51. The maximum atomic E-state index is 13.2. The minimum Gasteiger partial charge on any atom is -0.354 e. The van der Waals surface area contributed by atoms with Crippen LogP contribution in [0.5, 0.6) is 0 Å². The van der Waals surface area contributed by atoms with Gasteiger partial charge in [0.2, 0.25) is 5.95 Å². The van der Waals surface area contributed by atoms with E-state index in [0.717, 1.165) is 37.9 Å². The third kappa shape index (κ3) is 4.84. The molecular weight excluding hydrogens is 338 g/mol. The number of benzene rings is 1. The number of hydrogen-bond acceptors (Lipinski definition) is 4. The monoisotopic (exact) mass is 358 g/mol. The van der Waals surface area contributed by atoms with Gasteiger partial charge >= 0.3 is 0 Å². The van der Waals surface area contributed by atoms with E-state index in [1.807, 2.05) is 0 Å². The molecule has 1 aromatic heterocycles. The van der Waals surface area contributed by atoms with Crippen LogP contribution in [-0.4, -0.2) is 22.4 Å². The zero-order chi connectivity index (χ0) is 18.4. The minimum atomic E-state index is -1.02. The van der Waals surface area contributed by atoms with Gasteiger partial charge in [0.25, 0.3) is 5.91 Å². The van der Waals surface area contributed by atoms with E-state index in [9.17, 15) is 13.6 Å². The summed E-state index contributed by atoms with van der Waals surface area (Å²) in [5.74, 6) is -2.03. The zero-order valence-electron chi connectivity index (χ0n) is 14.3. The van der Waals surface area contributed by atoms with E-state index >= 15 is 0 Å². The predicted octanol–water partition coefficient (Wildman–Crippen LogP) is 4.31. The molecule has 2 aromatic rings. The normalized spacial score (nSPS) is 13.8. The van der Waals surface area contributed by atoms with E-state index in [1.165, 1.54) is 36.9 Å². The number of nitrogens with one attached hydrogen (secondary N) is 2. The number of anilines is 2. The van der Waals surface area contributed by atoms with Crippen molar-refractivity contribution in [2.24, 2.45) is 0 Å². The van der Waals surface area contributed by atoms with Crippen molar-refractivity contribution < 1.29 is 13.6 Å². The first kappa shape index (κ1) is 18.0. The van der Waals surface area contributed by atoms with E-state index in [-0.39, 0.29) is 11.3 Å². The summed E-state index contributed by atoms with van der Waals surface area (Å²) in [6.45, 7) is 0.742. The lowest BCUT2D eigenvalue weighted by Crippen LogP contribution is -2.14. The van der Waals surface area contributed by atoms with Crippen LogP contribution in [-0.2, 0) is 0 Å². The van der Waals surface area contributed by atoms with Crippen molar-refractivity contribution in [2.75, 3.05) is 17.2 Å². The number of nitrogens with zero attached hydrogens (tertiary/aromatic N) is 2. The van der Waals surface area contributed by atoms with Gasteiger partial charge in [0, 0.05) is 30.7 Å². The summed E-state index contributed by atoms with van der Waals surface area (Å²) in [6.07, 6.45) is 10.9. The lowest BCUT2D eigenvalue weighted by atomic mass is 9.97. The van der Waals surface area contributed by atoms with E-state index in [1.54, 1.807) is 0 Å². The second-order valence-corrected chi connectivity index (χ2v) is 6.16. The summed E-state index contributed by atoms with van der Waals surface area (Å²) in [6, 6.07) is 3.16. The highest BCUT2D eigenvalue weighted by molar-refractivity contribution is 6.03. The van der Waals surface area contributed by atoms with Gasteiger partial charge in [-0.1, -0.05) is 11.6 Å². The molecule has 0 bridgehead atoms. The molecule has 0 unspecified atom stereocenters. The highest BCUT2D eigenvalue weighted by Crippen LogP contribution is 2.20. The molecule has 5 nitrogen and oxygen atoms in total. The van der Waals surface area contributed by atoms with Crippen molar-refractivity contribution in [2.45, 2.75) is 32.1 Å². The van der Waals surface area contributed by atoms with Gasteiger partial charge < -0.3 is 10.6 Å². The third-order valence-corrected chi connectivity index (χ3v) is 4.21. The molecule has 0 spiro atoms. The van der Waals surface area contributed by atoms with Gasteiger partial charge in [0.15, 0.2) is 11.6 Å². The maximum Gasteiger partial charge on any atom is 0.258 e. The summed E-state index contributed by atoms with van der Waals surface area (Å²) in [4.78, 5) is 20.3. The van der Waals surface area contributed by atoms with E-state index < -0.39 is 17.5 Å². The SMILES string of the molecule is O=C(Nc1ccc(F)c(F)c1)c1cnc(NCCC2=CCCCC2)nc1. The average molecular weight is 358 g/mol. The van der Waals surface area contributed by atoms with Gasteiger partial charge in [-0.3, -0.25) is 4.79 Å². The van der Waals surface area contributed by atoms with Crippen molar-refractivity contribution >= 4 is 17.5 Å². The Balaban J connectivity index is 1.52. The predicted molar refractivity (Wildman–Crippen MR) is 96.0 cm³/mol. The van der Waals surface area contributed by atoms with E-state index in [0.29, 0.717) is 5.95 Å². The molecule has 136 valence electrons. The number of aromatic nitrogens is 2. The van der Waals surface area contributed by atoms with Crippen LogP contribution in [0.4, 0.5) is 20.4 Å². The first-order valence-electron chi connectivity index (χ1n) is 8.62. The highest BCUT2D eigenvalue weighted by atomic mass is 19.2. The summed E-state index contributed by atoms with van der Waals surface area (Å²) >= 11 is 0. The zero-order valence-corrected chi connectivity index (χ0v) is 14.3. The molecule has 3 rings (SSSR count). The Morgan fingerprint density at radius 3 is 2.62 bits per heavy atom. The molecule has 1 aliphatic rings. The fourth-order valence-electron chi connectivity index (χ4n) is 2.78. The molecule has 1 aliphatic carbocycles. The number of rotatable bonds is 6. The van der Waals surface area contributed by atoms with Crippen LogP contribution in [0.15, 0.2) is 42.2 Å². The van der Waals surface area contributed by atoms with E-state index in [2.05, 4.69) is 26.7 Å². The molecular formula is C19H20F2N4O.